The van der Waals surface area contributed by atoms with Crippen molar-refractivity contribution in [1.29, 1.82) is 0 Å². The van der Waals surface area contributed by atoms with Crippen LogP contribution >= 0.6 is 11.6 Å². The van der Waals surface area contributed by atoms with Gasteiger partial charge in [-0.3, -0.25) is 4.79 Å². The van der Waals surface area contributed by atoms with Crippen molar-refractivity contribution >= 4 is 23.5 Å². The van der Waals surface area contributed by atoms with E-state index in [-0.39, 0.29) is 17.7 Å². The second-order valence-electron chi connectivity index (χ2n) is 4.66. The van der Waals surface area contributed by atoms with Crippen LogP contribution in [0.25, 0.3) is 0 Å². The molecule has 0 atom stereocenters. The second kappa shape index (κ2) is 7.11. The Morgan fingerprint density at radius 2 is 1.57 bits per heavy atom. The number of aromatic nitrogens is 1. The predicted molar refractivity (Wildman–Crippen MR) is 83.9 cm³/mol. The number of methoxy groups -OCH3 is 2. The minimum atomic E-state index is -0.825. The lowest BCUT2D eigenvalue weighted by Gasteiger charge is -2.11. The normalized spacial score (nSPS) is 10.2. The Balaban J connectivity index is 2.56. The average Bonchev–Trinajstić information content (AvgIpc) is 2.56. The maximum Gasteiger partial charge on any atom is 0.343 e. The Bertz CT molecular complexity index is 772. The Kier molecular flexibility index (Phi) is 5.18. The molecule has 0 saturated carbocycles. The van der Waals surface area contributed by atoms with E-state index in [9.17, 15) is 14.4 Å². The highest BCUT2D eigenvalue weighted by molar-refractivity contribution is 6.31. The predicted octanol–water partition coefficient (Wildman–Crippen LogP) is 2.12. The van der Waals surface area contributed by atoms with Crippen molar-refractivity contribution in [3.63, 3.8) is 0 Å². The Hall–Kier alpha value is -2.60. The van der Waals surface area contributed by atoms with E-state index in [0.717, 1.165) is 19.8 Å². The van der Waals surface area contributed by atoms with Crippen LogP contribution in [0.3, 0.4) is 0 Å². The van der Waals surface area contributed by atoms with E-state index in [2.05, 4.69) is 9.47 Å². The molecule has 7 heteroatoms. The topological polar surface area (TPSA) is 74.6 Å². The van der Waals surface area contributed by atoms with Crippen LogP contribution in [0.2, 0.25) is 5.02 Å². The first-order valence-electron chi connectivity index (χ1n) is 6.62. The number of benzene rings is 1. The molecule has 1 aromatic heterocycles. The quantitative estimate of drug-likeness (QED) is 0.800. The fourth-order valence-corrected chi connectivity index (χ4v) is 2.25. The molecule has 23 heavy (non-hydrogen) atoms. The van der Waals surface area contributed by atoms with E-state index >= 15 is 0 Å². The van der Waals surface area contributed by atoms with Gasteiger partial charge in [-0.1, -0.05) is 29.8 Å². The number of esters is 2. The summed E-state index contributed by atoms with van der Waals surface area (Å²) in [5.74, 6) is -1.65. The summed E-state index contributed by atoms with van der Waals surface area (Å²) >= 11 is 6.11. The molecule has 120 valence electrons. The molecule has 0 saturated heterocycles. The lowest BCUT2D eigenvalue weighted by molar-refractivity contribution is 0.0594. The van der Waals surface area contributed by atoms with Crippen LogP contribution in [0.4, 0.5) is 0 Å². The third-order valence-electron chi connectivity index (χ3n) is 3.20. The molecule has 1 heterocycles. The first kappa shape index (κ1) is 16.8. The van der Waals surface area contributed by atoms with E-state index in [0.29, 0.717) is 5.02 Å². The van der Waals surface area contributed by atoms with Crippen molar-refractivity contribution in [3.8, 4) is 0 Å². The summed E-state index contributed by atoms with van der Waals surface area (Å²) in [6.45, 7) is 0.272. The molecular formula is C16H14ClNO5. The van der Waals surface area contributed by atoms with Gasteiger partial charge in [-0.05, 0) is 11.6 Å². The van der Waals surface area contributed by atoms with Gasteiger partial charge in [-0.2, -0.15) is 0 Å². The van der Waals surface area contributed by atoms with E-state index in [4.69, 9.17) is 11.6 Å². The molecule has 0 spiro atoms. The highest BCUT2D eigenvalue weighted by Crippen LogP contribution is 2.16. The Morgan fingerprint density at radius 3 is 2.04 bits per heavy atom. The summed E-state index contributed by atoms with van der Waals surface area (Å²) in [6.07, 6.45) is 2.65. The fraction of sp³-hybridized carbons (Fsp3) is 0.188. The molecule has 0 radical (unpaired) electrons. The van der Waals surface area contributed by atoms with E-state index < -0.39 is 17.4 Å². The Morgan fingerprint density at radius 1 is 1.04 bits per heavy atom. The monoisotopic (exact) mass is 335 g/mol. The molecule has 0 fully saturated rings. The molecule has 0 aliphatic heterocycles. The maximum atomic E-state index is 12.2. The summed E-state index contributed by atoms with van der Waals surface area (Å²) in [4.78, 5) is 35.7. The van der Waals surface area contributed by atoms with Crippen molar-refractivity contribution in [2.45, 2.75) is 6.54 Å². The van der Waals surface area contributed by atoms with Gasteiger partial charge in [0.25, 0.3) is 0 Å². The molecule has 0 aliphatic carbocycles. The van der Waals surface area contributed by atoms with E-state index in [1.165, 1.54) is 17.0 Å². The van der Waals surface area contributed by atoms with Crippen LogP contribution in [0, 0.1) is 0 Å². The van der Waals surface area contributed by atoms with Crippen LogP contribution in [0.15, 0.2) is 41.5 Å². The van der Waals surface area contributed by atoms with Crippen LogP contribution < -0.4 is 5.43 Å². The van der Waals surface area contributed by atoms with Gasteiger partial charge in [-0.25, -0.2) is 9.59 Å². The van der Waals surface area contributed by atoms with Gasteiger partial charge in [0.05, 0.1) is 14.2 Å². The van der Waals surface area contributed by atoms with Crippen molar-refractivity contribution in [3.05, 3.63) is 68.6 Å². The summed E-state index contributed by atoms with van der Waals surface area (Å²) in [7, 11) is 2.32. The first-order chi connectivity index (χ1) is 11.0. The SMILES string of the molecule is COC(=O)c1cn(Cc2ccccc2Cl)cc(C(=O)OC)c1=O. The summed E-state index contributed by atoms with van der Waals surface area (Å²) in [5.41, 5.74) is -0.464. The van der Waals surface area contributed by atoms with Crippen molar-refractivity contribution < 1.29 is 19.1 Å². The number of carbonyl (C=O) groups is 2. The number of pyridine rings is 1. The van der Waals surface area contributed by atoms with Crippen LogP contribution in [-0.2, 0) is 16.0 Å². The number of rotatable bonds is 4. The molecule has 6 nitrogen and oxygen atoms in total. The molecule has 0 bridgehead atoms. The van der Waals surface area contributed by atoms with Gasteiger partial charge in [0, 0.05) is 24.0 Å². The van der Waals surface area contributed by atoms with Crippen molar-refractivity contribution in [2.24, 2.45) is 0 Å². The smallest absolute Gasteiger partial charge is 0.343 e. The maximum absolute atomic E-state index is 12.2. The van der Waals surface area contributed by atoms with Crippen LogP contribution in [0.1, 0.15) is 26.3 Å². The number of halogens is 1. The zero-order valence-electron chi connectivity index (χ0n) is 12.5. The molecule has 0 N–H and O–H groups in total. The standard InChI is InChI=1S/C16H14ClNO5/c1-22-15(20)11-8-18(7-10-5-3-4-6-13(10)17)9-12(14(11)19)16(21)23-2/h3-6,8-9H,7H2,1-2H3. The number of hydrogen-bond donors (Lipinski definition) is 0. The van der Waals surface area contributed by atoms with Gasteiger partial charge < -0.3 is 14.0 Å². The van der Waals surface area contributed by atoms with Crippen LogP contribution in [-0.4, -0.2) is 30.7 Å². The largest absolute Gasteiger partial charge is 0.465 e. The Labute approximate surface area is 137 Å². The fourth-order valence-electron chi connectivity index (χ4n) is 2.06. The number of hydrogen-bond acceptors (Lipinski definition) is 5. The zero-order valence-corrected chi connectivity index (χ0v) is 13.3. The van der Waals surface area contributed by atoms with Gasteiger partial charge in [-0.15, -0.1) is 0 Å². The molecule has 0 amide bonds. The van der Waals surface area contributed by atoms with Gasteiger partial charge in [0.15, 0.2) is 0 Å². The summed E-state index contributed by atoms with van der Waals surface area (Å²) < 4.78 is 10.7. The second-order valence-corrected chi connectivity index (χ2v) is 5.07. The molecule has 1 aromatic carbocycles. The van der Waals surface area contributed by atoms with Crippen LogP contribution in [0.5, 0.6) is 0 Å². The van der Waals surface area contributed by atoms with Gasteiger partial charge in [0.2, 0.25) is 5.43 Å². The number of ether oxygens (including phenoxy) is 2. The minimum absolute atomic E-state index is 0.248. The highest BCUT2D eigenvalue weighted by atomic mass is 35.5. The molecule has 2 rings (SSSR count). The highest BCUT2D eigenvalue weighted by Gasteiger charge is 2.20. The van der Waals surface area contributed by atoms with Gasteiger partial charge >= 0.3 is 11.9 Å². The number of nitrogens with zero attached hydrogens (tertiary/aromatic N) is 1. The first-order valence-corrected chi connectivity index (χ1v) is 6.99. The van der Waals surface area contributed by atoms with Crippen molar-refractivity contribution in [1.82, 2.24) is 4.57 Å². The lowest BCUT2D eigenvalue weighted by atomic mass is 10.1. The third-order valence-corrected chi connectivity index (χ3v) is 3.57. The lowest BCUT2D eigenvalue weighted by Crippen LogP contribution is -2.26. The molecule has 0 aliphatic rings. The minimum Gasteiger partial charge on any atom is -0.465 e. The van der Waals surface area contributed by atoms with E-state index in [1.807, 2.05) is 6.07 Å². The van der Waals surface area contributed by atoms with Crippen molar-refractivity contribution in [2.75, 3.05) is 14.2 Å². The zero-order chi connectivity index (χ0) is 17.0. The summed E-state index contributed by atoms with van der Waals surface area (Å²) in [5, 5.41) is 0.533. The van der Waals surface area contributed by atoms with Gasteiger partial charge in [0.1, 0.15) is 11.1 Å². The molecule has 2 aromatic rings. The third kappa shape index (κ3) is 3.60. The van der Waals surface area contributed by atoms with E-state index in [1.54, 1.807) is 18.2 Å². The summed E-state index contributed by atoms with van der Waals surface area (Å²) in [6, 6.07) is 7.13. The number of carbonyl (C=O) groups excluding carboxylic acids is 2. The molecular weight excluding hydrogens is 322 g/mol. The average molecular weight is 336 g/mol. The molecule has 0 unspecified atom stereocenters.